The molecule has 0 radical (unpaired) electrons. The number of nitrogens with one attached hydrogen (secondary N) is 1. The first-order chi connectivity index (χ1) is 14.0. The largest absolute Gasteiger partial charge is 0.483 e. The van der Waals surface area contributed by atoms with Crippen molar-refractivity contribution in [2.24, 2.45) is 0 Å². The number of hydrogen-bond acceptors (Lipinski definition) is 4. The van der Waals surface area contributed by atoms with Gasteiger partial charge in [-0.25, -0.2) is 4.79 Å². The second kappa shape index (κ2) is 9.73. The van der Waals surface area contributed by atoms with Crippen LogP contribution in [0.4, 0.5) is 5.69 Å². The third-order valence-corrected chi connectivity index (χ3v) is 4.81. The van der Waals surface area contributed by atoms with E-state index in [1.165, 1.54) is 12.1 Å². The Labute approximate surface area is 169 Å². The Hall–Kier alpha value is -3.35. The first-order valence-electron chi connectivity index (χ1n) is 9.69. The molecule has 0 bridgehead atoms. The van der Waals surface area contributed by atoms with E-state index in [0.717, 1.165) is 38.8 Å². The summed E-state index contributed by atoms with van der Waals surface area (Å²) in [5.74, 6) is -1.29. The van der Waals surface area contributed by atoms with E-state index >= 15 is 0 Å². The minimum Gasteiger partial charge on any atom is -0.483 e. The molecule has 0 aromatic heterocycles. The molecule has 0 aliphatic carbocycles. The van der Waals surface area contributed by atoms with E-state index in [2.05, 4.69) is 5.32 Å². The summed E-state index contributed by atoms with van der Waals surface area (Å²) in [5, 5.41) is 11.8. The number of likely N-dealkylation sites (tertiary alicyclic amines) is 1. The number of benzene rings is 2. The molecule has 7 heteroatoms. The average Bonchev–Trinajstić information content (AvgIpc) is 3.02. The molecule has 2 aromatic rings. The highest BCUT2D eigenvalue weighted by atomic mass is 16.5. The first-order valence-corrected chi connectivity index (χ1v) is 9.69. The molecule has 7 nitrogen and oxygen atoms in total. The number of carbonyl (C=O) groups is 3. The number of amides is 2. The topological polar surface area (TPSA) is 95.9 Å². The van der Waals surface area contributed by atoms with Gasteiger partial charge in [0.05, 0.1) is 11.1 Å². The molecule has 3 rings (SSSR count). The van der Waals surface area contributed by atoms with E-state index < -0.39 is 11.9 Å². The molecule has 0 saturated carbocycles. The van der Waals surface area contributed by atoms with Crippen LogP contribution in [0.15, 0.2) is 48.5 Å². The molecule has 0 spiro atoms. The lowest BCUT2D eigenvalue weighted by Gasteiger charge is -2.20. The lowest BCUT2D eigenvalue weighted by Crippen LogP contribution is -2.35. The van der Waals surface area contributed by atoms with E-state index in [-0.39, 0.29) is 23.6 Å². The fraction of sp³-hybridized carbons (Fsp3) is 0.318. The van der Waals surface area contributed by atoms with Gasteiger partial charge in [0.15, 0.2) is 6.61 Å². The summed E-state index contributed by atoms with van der Waals surface area (Å²) in [5.41, 5.74) is 0.720. The number of rotatable bonds is 6. The Morgan fingerprint density at radius 2 is 1.69 bits per heavy atom. The number of carboxylic acids is 1. The third-order valence-electron chi connectivity index (χ3n) is 4.81. The second-order valence-electron chi connectivity index (χ2n) is 6.92. The molecule has 152 valence electrons. The lowest BCUT2D eigenvalue weighted by atomic mass is 10.1. The van der Waals surface area contributed by atoms with Crippen LogP contribution in [0.25, 0.3) is 0 Å². The van der Waals surface area contributed by atoms with Crippen molar-refractivity contribution < 1.29 is 24.2 Å². The summed E-state index contributed by atoms with van der Waals surface area (Å²) in [4.78, 5) is 38.0. The van der Waals surface area contributed by atoms with Gasteiger partial charge in [-0.3, -0.25) is 9.59 Å². The molecular weight excluding hydrogens is 372 g/mol. The summed E-state index contributed by atoms with van der Waals surface area (Å²) < 4.78 is 5.67. The highest BCUT2D eigenvalue weighted by Crippen LogP contribution is 2.21. The van der Waals surface area contributed by atoms with Gasteiger partial charge < -0.3 is 20.1 Å². The van der Waals surface area contributed by atoms with Gasteiger partial charge in [0, 0.05) is 18.8 Å². The fourth-order valence-corrected chi connectivity index (χ4v) is 3.26. The van der Waals surface area contributed by atoms with E-state index in [0.29, 0.717) is 11.4 Å². The van der Waals surface area contributed by atoms with Gasteiger partial charge in [-0.05, 0) is 43.2 Å². The predicted molar refractivity (Wildman–Crippen MR) is 108 cm³/mol. The van der Waals surface area contributed by atoms with E-state index in [1.807, 2.05) is 4.90 Å². The minimum atomic E-state index is -1.07. The molecule has 1 saturated heterocycles. The van der Waals surface area contributed by atoms with E-state index in [1.54, 1.807) is 36.4 Å². The normalized spacial score (nSPS) is 14.0. The Bertz CT molecular complexity index is 888. The number of carbonyl (C=O) groups excluding carboxylic acids is 2. The van der Waals surface area contributed by atoms with E-state index in [4.69, 9.17) is 9.84 Å². The fourth-order valence-electron chi connectivity index (χ4n) is 3.26. The van der Waals surface area contributed by atoms with Crippen LogP contribution in [-0.2, 0) is 4.79 Å². The van der Waals surface area contributed by atoms with Crippen LogP contribution in [-0.4, -0.2) is 47.5 Å². The van der Waals surface area contributed by atoms with Gasteiger partial charge in [-0.1, -0.05) is 31.0 Å². The van der Waals surface area contributed by atoms with Crippen molar-refractivity contribution in [3.05, 3.63) is 59.7 Å². The molecule has 1 fully saturated rings. The average molecular weight is 396 g/mol. The highest BCUT2D eigenvalue weighted by Gasteiger charge is 2.18. The molecular formula is C22H24N2O5. The maximum atomic E-state index is 12.7. The van der Waals surface area contributed by atoms with Gasteiger partial charge >= 0.3 is 5.97 Å². The molecule has 1 heterocycles. The summed E-state index contributed by atoms with van der Waals surface area (Å²) in [6.45, 7) is 1.35. The van der Waals surface area contributed by atoms with Crippen molar-refractivity contribution in [2.75, 3.05) is 25.0 Å². The van der Waals surface area contributed by atoms with Crippen molar-refractivity contribution in [2.45, 2.75) is 25.7 Å². The van der Waals surface area contributed by atoms with Crippen molar-refractivity contribution in [3.63, 3.8) is 0 Å². The molecule has 29 heavy (non-hydrogen) atoms. The molecule has 0 unspecified atom stereocenters. The first kappa shape index (κ1) is 20.4. The Morgan fingerprint density at radius 3 is 2.41 bits per heavy atom. The molecule has 1 aliphatic heterocycles. The Kier molecular flexibility index (Phi) is 6.84. The van der Waals surface area contributed by atoms with E-state index in [9.17, 15) is 14.4 Å². The second-order valence-corrected chi connectivity index (χ2v) is 6.92. The molecule has 2 amide bonds. The van der Waals surface area contributed by atoms with Crippen LogP contribution < -0.4 is 10.1 Å². The zero-order valence-corrected chi connectivity index (χ0v) is 16.1. The lowest BCUT2D eigenvalue weighted by molar-refractivity contribution is -0.133. The number of anilines is 1. The van der Waals surface area contributed by atoms with Crippen molar-refractivity contribution in [1.29, 1.82) is 0 Å². The molecule has 2 aromatic carbocycles. The van der Waals surface area contributed by atoms with Crippen molar-refractivity contribution in [1.82, 2.24) is 4.90 Å². The van der Waals surface area contributed by atoms with Crippen LogP contribution in [0, 0.1) is 0 Å². The van der Waals surface area contributed by atoms with Gasteiger partial charge in [-0.2, -0.15) is 0 Å². The van der Waals surface area contributed by atoms with Crippen molar-refractivity contribution >= 4 is 23.5 Å². The standard InChI is InChI=1S/C22H24N2O5/c25-20(24-12-5-1-2-6-13-24)15-29-19-11-4-3-10-18(19)21(26)23-17-9-7-8-16(14-17)22(27)28/h3-4,7-11,14H,1-2,5-6,12-13,15H2,(H,23,26)(H,27,28). The van der Waals surface area contributed by atoms with Crippen LogP contribution in [0.5, 0.6) is 5.75 Å². The van der Waals surface area contributed by atoms with Crippen LogP contribution in [0.2, 0.25) is 0 Å². The molecule has 0 atom stereocenters. The predicted octanol–water partition coefficient (Wildman–Crippen LogP) is 3.42. The van der Waals surface area contributed by atoms with Gasteiger partial charge in [0.2, 0.25) is 0 Å². The third kappa shape index (κ3) is 5.57. The zero-order chi connectivity index (χ0) is 20.6. The number of aromatic carboxylic acids is 1. The maximum absolute atomic E-state index is 12.7. The van der Waals surface area contributed by atoms with Crippen LogP contribution >= 0.6 is 0 Å². The smallest absolute Gasteiger partial charge is 0.335 e. The molecule has 2 N–H and O–H groups in total. The van der Waals surface area contributed by atoms with Crippen LogP contribution in [0.3, 0.4) is 0 Å². The Balaban J connectivity index is 1.66. The number of carboxylic acid groups (broad SMARTS) is 1. The van der Waals surface area contributed by atoms with Crippen molar-refractivity contribution in [3.8, 4) is 5.75 Å². The van der Waals surface area contributed by atoms with Gasteiger partial charge in [0.1, 0.15) is 5.75 Å². The summed E-state index contributed by atoms with van der Waals surface area (Å²) >= 11 is 0. The maximum Gasteiger partial charge on any atom is 0.335 e. The van der Waals surface area contributed by atoms with Gasteiger partial charge in [0.25, 0.3) is 11.8 Å². The summed E-state index contributed by atoms with van der Waals surface area (Å²) in [6, 6.07) is 12.7. The number of ether oxygens (including phenoxy) is 1. The molecule has 1 aliphatic rings. The number of para-hydroxylation sites is 1. The van der Waals surface area contributed by atoms with Gasteiger partial charge in [-0.15, -0.1) is 0 Å². The van der Waals surface area contributed by atoms with Crippen LogP contribution in [0.1, 0.15) is 46.4 Å². The Morgan fingerprint density at radius 1 is 0.966 bits per heavy atom. The minimum absolute atomic E-state index is 0.0791. The monoisotopic (exact) mass is 396 g/mol. The number of nitrogens with zero attached hydrogens (tertiary/aromatic N) is 1. The number of hydrogen-bond donors (Lipinski definition) is 2. The SMILES string of the molecule is O=C(O)c1cccc(NC(=O)c2ccccc2OCC(=O)N2CCCCCC2)c1. The summed E-state index contributed by atoms with van der Waals surface area (Å²) in [6.07, 6.45) is 4.27. The zero-order valence-electron chi connectivity index (χ0n) is 16.1. The summed E-state index contributed by atoms with van der Waals surface area (Å²) in [7, 11) is 0. The highest BCUT2D eigenvalue weighted by molar-refractivity contribution is 6.06. The quantitative estimate of drug-likeness (QED) is 0.780.